The highest BCUT2D eigenvalue weighted by Crippen LogP contribution is 2.19. The molecule has 0 N–H and O–H groups in total. The molecule has 1 aliphatic rings. The molecule has 0 saturated heterocycles. The lowest BCUT2D eigenvalue weighted by Gasteiger charge is -2.07. The number of rotatable bonds is 1. The Morgan fingerprint density at radius 1 is 1.67 bits per heavy atom. The van der Waals surface area contributed by atoms with E-state index in [1.54, 1.807) is 7.11 Å². The third kappa shape index (κ3) is 1.75. The van der Waals surface area contributed by atoms with Crippen molar-refractivity contribution in [2.75, 3.05) is 7.11 Å². The molecule has 0 aliphatic heterocycles. The summed E-state index contributed by atoms with van der Waals surface area (Å²) in [6.07, 6.45) is 5.82. The molecule has 0 aromatic rings. The van der Waals surface area contributed by atoms with Crippen LogP contribution in [0.1, 0.15) is 12.8 Å². The van der Waals surface area contributed by atoms with Gasteiger partial charge in [-0.2, -0.15) is 0 Å². The van der Waals surface area contributed by atoms with Gasteiger partial charge in [0.2, 0.25) is 0 Å². The molecule has 0 atom stereocenters. The molecule has 0 aromatic heterocycles. The number of methoxy groups -OCH3 is 1. The first-order valence-corrected chi connectivity index (χ1v) is 3.31. The third-order valence-electron chi connectivity index (χ3n) is 1.29. The van der Waals surface area contributed by atoms with Crippen LogP contribution in [0.3, 0.4) is 0 Å². The Morgan fingerprint density at radius 3 is 2.89 bits per heavy atom. The van der Waals surface area contributed by atoms with Gasteiger partial charge in [0, 0.05) is 11.5 Å². The van der Waals surface area contributed by atoms with Crippen LogP contribution in [0.5, 0.6) is 0 Å². The average molecular weight is 145 g/mol. The SMILES string of the molecule is COC1=CC(Cl)=CCC1. The highest BCUT2D eigenvalue weighted by Gasteiger charge is 2.01. The molecule has 1 rings (SSSR count). The Bertz CT molecular complexity index is 158. The number of hydrogen-bond donors (Lipinski definition) is 0. The molecule has 1 nitrogen and oxygen atoms in total. The molecular formula is C7H9ClO. The number of ether oxygens (including phenoxy) is 1. The second-order valence-electron chi connectivity index (χ2n) is 1.94. The summed E-state index contributed by atoms with van der Waals surface area (Å²) in [5.41, 5.74) is 0. The van der Waals surface area contributed by atoms with E-state index in [0.717, 1.165) is 23.6 Å². The maximum Gasteiger partial charge on any atom is 0.0973 e. The molecule has 50 valence electrons. The van der Waals surface area contributed by atoms with E-state index in [1.807, 2.05) is 12.2 Å². The second kappa shape index (κ2) is 2.92. The van der Waals surface area contributed by atoms with Gasteiger partial charge in [0.1, 0.15) is 0 Å². The Kier molecular flexibility index (Phi) is 2.17. The van der Waals surface area contributed by atoms with Gasteiger partial charge in [-0.25, -0.2) is 0 Å². The number of halogens is 1. The summed E-state index contributed by atoms with van der Waals surface area (Å²) in [5, 5.41) is 0.790. The molecule has 0 saturated carbocycles. The van der Waals surface area contributed by atoms with E-state index in [0.29, 0.717) is 0 Å². The molecule has 0 heterocycles. The van der Waals surface area contributed by atoms with E-state index in [4.69, 9.17) is 16.3 Å². The van der Waals surface area contributed by atoms with Crippen LogP contribution in [-0.4, -0.2) is 7.11 Å². The summed E-state index contributed by atoms with van der Waals surface area (Å²) < 4.78 is 5.00. The number of allylic oxidation sites excluding steroid dienone is 4. The van der Waals surface area contributed by atoms with Crippen molar-refractivity contribution < 1.29 is 4.74 Å². The predicted molar refractivity (Wildman–Crippen MR) is 38.3 cm³/mol. The fraction of sp³-hybridized carbons (Fsp3) is 0.429. The third-order valence-corrected chi connectivity index (χ3v) is 1.55. The highest BCUT2D eigenvalue weighted by atomic mass is 35.5. The quantitative estimate of drug-likeness (QED) is 0.549. The van der Waals surface area contributed by atoms with Gasteiger partial charge in [-0.15, -0.1) is 0 Å². The molecule has 1 aliphatic carbocycles. The van der Waals surface area contributed by atoms with Crippen LogP contribution >= 0.6 is 11.6 Å². The second-order valence-corrected chi connectivity index (χ2v) is 2.38. The molecule has 0 spiro atoms. The zero-order chi connectivity index (χ0) is 6.69. The fourth-order valence-corrected chi connectivity index (χ4v) is 1.03. The molecule has 0 radical (unpaired) electrons. The predicted octanol–water partition coefficient (Wildman–Crippen LogP) is 2.43. The summed E-state index contributed by atoms with van der Waals surface area (Å²) in [7, 11) is 1.67. The molecule has 9 heavy (non-hydrogen) atoms. The molecule has 0 aromatic carbocycles. The van der Waals surface area contributed by atoms with Gasteiger partial charge in [-0.05, 0) is 12.5 Å². The summed E-state index contributed by atoms with van der Waals surface area (Å²) in [6, 6.07) is 0. The standard InChI is InChI=1S/C7H9ClO/c1-9-7-4-2-3-6(8)5-7/h3,5H,2,4H2,1H3. The Balaban J connectivity index is 2.63. The van der Waals surface area contributed by atoms with Crippen molar-refractivity contribution in [2.24, 2.45) is 0 Å². The van der Waals surface area contributed by atoms with Gasteiger partial charge in [0.25, 0.3) is 0 Å². The summed E-state index contributed by atoms with van der Waals surface area (Å²) in [4.78, 5) is 0. The van der Waals surface area contributed by atoms with Crippen molar-refractivity contribution in [2.45, 2.75) is 12.8 Å². The Morgan fingerprint density at radius 2 is 2.44 bits per heavy atom. The minimum atomic E-state index is 0.790. The van der Waals surface area contributed by atoms with Gasteiger partial charge in [-0.1, -0.05) is 17.7 Å². The van der Waals surface area contributed by atoms with Crippen LogP contribution in [0.4, 0.5) is 0 Å². The van der Waals surface area contributed by atoms with Crippen LogP contribution < -0.4 is 0 Å². The van der Waals surface area contributed by atoms with E-state index in [1.165, 1.54) is 0 Å². The summed E-state index contributed by atoms with van der Waals surface area (Å²) in [6.45, 7) is 0. The first-order chi connectivity index (χ1) is 4.33. The normalized spacial score (nSPS) is 18.4. The van der Waals surface area contributed by atoms with Crippen LogP contribution in [-0.2, 0) is 4.74 Å². The molecule has 2 heteroatoms. The molecule has 0 bridgehead atoms. The fourth-order valence-electron chi connectivity index (χ4n) is 0.798. The monoisotopic (exact) mass is 144 g/mol. The van der Waals surface area contributed by atoms with E-state index in [9.17, 15) is 0 Å². The van der Waals surface area contributed by atoms with E-state index >= 15 is 0 Å². The van der Waals surface area contributed by atoms with Crippen molar-refractivity contribution in [3.05, 3.63) is 22.9 Å². The average Bonchev–Trinajstić information content (AvgIpc) is 1.88. The van der Waals surface area contributed by atoms with Gasteiger partial charge in [0.15, 0.2) is 0 Å². The zero-order valence-electron chi connectivity index (χ0n) is 5.36. The zero-order valence-corrected chi connectivity index (χ0v) is 6.11. The first kappa shape index (κ1) is 6.69. The Labute approximate surface area is 60.0 Å². The Hall–Kier alpha value is -0.430. The molecular weight excluding hydrogens is 136 g/mol. The van der Waals surface area contributed by atoms with Crippen molar-refractivity contribution in [3.63, 3.8) is 0 Å². The van der Waals surface area contributed by atoms with Crippen molar-refractivity contribution in [1.29, 1.82) is 0 Å². The van der Waals surface area contributed by atoms with E-state index in [2.05, 4.69) is 0 Å². The minimum Gasteiger partial charge on any atom is -0.501 e. The van der Waals surface area contributed by atoms with Gasteiger partial charge < -0.3 is 4.74 Å². The lowest BCUT2D eigenvalue weighted by molar-refractivity contribution is 0.276. The van der Waals surface area contributed by atoms with Gasteiger partial charge in [-0.3, -0.25) is 0 Å². The molecule has 0 amide bonds. The lowest BCUT2D eigenvalue weighted by Crippen LogP contribution is -1.90. The van der Waals surface area contributed by atoms with Crippen molar-refractivity contribution in [1.82, 2.24) is 0 Å². The maximum absolute atomic E-state index is 5.69. The van der Waals surface area contributed by atoms with Crippen LogP contribution in [0.25, 0.3) is 0 Å². The largest absolute Gasteiger partial charge is 0.501 e. The minimum absolute atomic E-state index is 0.790. The van der Waals surface area contributed by atoms with Crippen LogP contribution in [0.15, 0.2) is 22.9 Å². The van der Waals surface area contributed by atoms with Crippen LogP contribution in [0.2, 0.25) is 0 Å². The van der Waals surface area contributed by atoms with Crippen molar-refractivity contribution >= 4 is 11.6 Å². The summed E-state index contributed by atoms with van der Waals surface area (Å²) in [5.74, 6) is 0.975. The molecule has 0 unspecified atom stereocenters. The van der Waals surface area contributed by atoms with Crippen LogP contribution in [0, 0.1) is 0 Å². The van der Waals surface area contributed by atoms with Gasteiger partial charge >= 0.3 is 0 Å². The molecule has 0 fully saturated rings. The first-order valence-electron chi connectivity index (χ1n) is 2.93. The number of hydrogen-bond acceptors (Lipinski definition) is 1. The van der Waals surface area contributed by atoms with E-state index < -0.39 is 0 Å². The van der Waals surface area contributed by atoms with Crippen molar-refractivity contribution in [3.8, 4) is 0 Å². The summed E-state index contributed by atoms with van der Waals surface area (Å²) >= 11 is 5.69. The maximum atomic E-state index is 5.69. The smallest absolute Gasteiger partial charge is 0.0973 e. The van der Waals surface area contributed by atoms with Gasteiger partial charge in [0.05, 0.1) is 12.9 Å². The highest BCUT2D eigenvalue weighted by molar-refractivity contribution is 6.31. The van der Waals surface area contributed by atoms with E-state index in [-0.39, 0.29) is 0 Å². The lowest BCUT2D eigenvalue weighted by atomic mass is 10.2. The topological polar surface area (TPSA) is 9.23 Å².